The number of benzene rings is 2. The highest BCUT2D eigenvalue weighted by atomic mass is 16.5. The standard InChI is InChI=1S/C20H21N3O2/c1-15-8-10-18(11-9-15)23(13-17-6-4-3-5-7-17)14-19(24)21-20-12-16(2)22-25-20/h3-12H,13-14H2,1-2H3,(H,21,24). The van der Waals surface area contributed by atoms with Crippen molar-refractivity contribution in [1.82, 2.24) is 5.16 Å². The molecule has 3 rings (SSSR count). The van der Waals surface area contributed by atoms with Gasteiger partial charge in [-0.1, -0.05) is 53.2 Å². The van der Waals surface area contributed by atoms with Crippen LogP contribution in [0, 0.1) is 13.8 Å². The molecule has 0 radical (unpaired) electrons. The zero-order chi connectivity index (χ0) is 17.6. The molecule has 0 fully saturated rings. The van der Waals surface area contributed by atoms with E-state index in [1.807, 2.05) is 61.2 Å². The van der Waals surface area contributed by atoms with E-state index in [1.54, 1.807) is 6.07 Å². The molecule has 0 bridgehead atoms. The van der Waals surface area contributed by atoms with Crippen LogP contribution < -0.4 is 10.2 Å². The molecule has 2 aromatic carbocycles. The first kappa shape index (κ1) is 16.8. The highest BCUT2D eigenvalue weighted by Crippen LogP contribution is 2.18. The summed E-state index contributed by atoms with van der Waals surface area (Å²) in [5.74, 6) is 0.221. The molecule has 0 saturated heterocycles. The van der Waals surface area contributed by atoms with Gasteiger partial charge in [0.05, 0.1) is 12.2 Å². The minimum absolute atomic E-state index is 0.146. The Kier molecular flexibility index (Phi) is 5.14. The molecule has 5 nitrogen and oxygen atoms in total. The van der Waals surface area contributed by atoms with Gasteiger partial charge in [0.2, 0.25) is 11.8 Å². The molecule has 1 aromatic heterocycles. The predicted molar refractivity (Wildman–Crippen MR) is 98.5 cm³/mol. The lowest BCUT2D eigenvalue weighted by Crippen LogP contribution is -2.32. The number of nitrogens with one attached hydrogen (secondary N) is 1. The summed E-state index contributed by atoms with van der Waals surface area (Å²) in [6.45, 7) is 4.72. The van der Waals surface area contributed by atoms with Gasteiger partial charge in [-0.2, -0.15) is 0 Å². The molecule has 25 heavy (non-hydrogen) atoms. The predicted octanol–water partition coefficient (Wildman–Crippen LogP) is 3.94. The number of aryl methyl sites for hydroxylation is 2. The van der Waals surface area contributed by atoms with Crippen molar-refractivity contribution in [3.63, 3.8) is 0 Å². The van der Waals surface area contributed by atoms with Gasteiger partial charge in [0.15, 0.2) is 0 Å². The van der Waals surface area contributed by atoms with E-state index in [0.717, 1.165) is 16.9 Å². The lowest BCUT2D eigenvalue weighted by atomic mass is 10.1. The van der Waals surface area contributed by atoms with Crippen LogP contribution in [0.4, 0.5) is 11.6 Å². The first-order valence-corrected chi connectivity index (χ1v) is 8.19. The van der Waals surface area contributed by atoms with Crippen molar-refractivity contribution in [1.29, 1.82) is 0 Å². The summed E-state index contributed by atoms with van der Waals surface area (Å²) in [5, 5.41) is 6.53. The number of hydrogen-bond donors (Lipinski definition) is 1. The number of carbonyl (C=O) groups excluding carboxylic acids is 1. The molecule has 1 amide bonds. The Morgan fingerprint density at radius 2 is 1.80 bits per heavy atom. The summed E-state index contributed by atoms with van der Waals surface area (Å²) >= 11 is 0. The van der Waals surface area contributed by atoms with E-state index in [4.69, 9.17) is 4.52 Å². The summed E-state index contributed by atoms with van der Waals surface area (Å²) in [7, 11) is 0. The van der Waals surface area contributed by atoms with Crippen molar-refractivity contribution >= 4 is 17.5 Å². The highest BCUT2D eigenvalue weighted by Gasteiger charge is 2.14. The molecule has 0 aliphatic rings. The van der Waals surface area contributed by atoms with Crippen LogP contribution in [0.15, 0.2) is 65.2 Å². The van der Waals surface area contributed by atoms with Crippen LogP contribution >= 0.6 is 0 Å². The lowest BCUT2D eigenvalue weighted by molar-refractivity contribution is -0.115. The lowest BCUT2D eigenvalue weighted by Gasteiger charge is -2.24. The van der Waals surface area contributed by atoms with Crippen LogP contribution in [-0.4, -0.2) is 17.6 Å². The maximum atomic E-state index is 12.4. The van der Waals surface area contributed by atoms with E-state index in [2.05, 4.69) is 22.6 Å². The zero-order valence-corrected chi connectivity index (χ0v) is 14.4. The Labute approximate surface area is 147 Å². The number of amides is 1. The van der Waals surface area contributed by atoms with Crippen molar-refractivity contribution < 1.29 is 9.32 Å². The smallest absolute Gasteiger partial charge is 0.246 e. The topological polar surface area (TPSA) is 58.4 Å². The molecule has 0 atom stereocenters. The fourth-order valence-corrected chi connectivity index (χ4v) is 2.57. The number of aromatic nitrogens is 1. The fraction of sp³-hybridized carbons (Fsp3) is 0.200. The quantitative estimate of drug-likeness (QED) is 0.741. The number of carbonyl (C=O) groups is 1. The Morgan fingerprint density at radius 3 is 2.44 bits per heavy atom. The van der Waals surface area contributed by atoms with Crippen molar-refractivity contribution in [2.75, 3.05) is 16.8 Å². The second kappa shape index (κ2) is 7.66. The minimum Gasteiger partial charge on any atom is -0.358 e. The molecular weight excluding hydrogens is 314 g/mol. The zero-order valence-electron chi connectivity index (χ0n) is 14.4. The Hall–Kier alpha value is -3.08. The summed E-state index contributed by atoms with van der Waals surface area (Å²) in [4.78, 5) is 14.5. The maximum absolute atomic E-state index is 12.4. The van der Waals surface area contributed by atoms with Crippen LogP contribution in [0.1, 0.15) is 16.8 Å². The third-order valence-electron chi connectivity index (χ3n) is 3.84. The molecule has 5 heteroatoms. The van der Waals surface area contributed by atoms with Gasteiger partial charge in [-0.15, -0.1) is 0 Å². The number of anilines is 2. The molecular formula is C20H21N3O2. The third-order valence-corrected chi connectivity index (χ3v) is 3.84. The molecule has 0 unspecified atom stereocenters. The van der Waals surface area contributed by atoms with Crippen LogP contribution in [0.3, 0.4) is 0 Å². The van der Waals surface area contributed by atoms with Crippen LogP contribution in [0.2, 0.25) is 0 Å². The summed E-state index contributed by atoms with van der Waals surface area (Å²) in [6, 6.07) is 20.0. The summed E-state index contributed by atoms with van der Waals surface area (Å²) < 4.78 is 5.06. The Bertz CT molecular complexity index is 826. The summed E-state index contributed by atoms with van der Waals surface area (Å²) in [6.07, 6.45) is 0. The molecule has 1 heterocycles. The van der Waals surface area contributed by atoms with Crippen LogP contribution in [0.5, 0.6) is 0 Å². The third kappa shape index (κ3) is 4.70. The van der Waals surface area contributed by atoms with Crippen molar-refractivity contribution in [3.8, 4) is 0 Å². The van der Waals surface area contributed by atoms with Gasteiger partial charge in [-0.25, -0.2) is 0 Å². The fourth-order valence-electron chi connectivity index (χ4n) is 2.57. The average molecular weight is 335 g/mol. The van der Waals surface area contributed by atoms with Crippen molar-refractivity contribution in [2.45, 2.75) is 20.4 Å². The Morgan fingerprint density at radius 1 is 1.08 bits per heavy atom. The molecule has 0 spiro atoms. The largest absolute Gasteiger partial charge is 0.358 e. The van der Waals surface area contributed by atoms with Crippen molar-refractivity contribution in [3.05, 3.63) is 77.5 Å². The number of hydrogen-bond acceptors (Lipinski definition) is 4. The average Bonchev–Trinajstić information content (AvgIpc) is 3.00. The molecule has 0 aliphatic carbocycles. The van der Waals surface area contributed by atoms with E-state index in [1.165, 1.54) is 5.56 Å². The second-order valence-corrected chi connectivity index (χ2v) is 6.06. The van der Waals surface area contributed by atoms with Gasteiger partial charge in [0.1, 0.15) is 0 Å². The van der Waals surface area contributed by atoms with Gasteiger partial charge < -0.3 is 9.42 Å². The first-order valence-electron chi connectivity index (χ1n) is 8.19. The molecule has 0 saturated carbocycles. The van der Waals surface area contributed by atoms with Crippen molar-refractivity contribution in [2.24, 2.45) is 0 Å². The summed E-state index contributed by atoms with van der Waals surface area (Å²) in [5.41, 5.74) is 4.06. The molecule has 1 N–H and O–H groups in total. The maximum Gasteiger partial charge on any atom is 0.246 e. The van der Waals surface area contributed by atoms with Gasteiger partial charge in [0, 0.05) is 18.3 Å². The SMILES string of the molecule is Cc1ccc(N(CC(=O)Nc2cc(C)no2)Cc2ccccc2)cc1. The van der Waals surface area contributed by atoms with E-state index < -0.39 is 0 Å². The Balaban J connectivity index is 1.75. The van der Waals surface area contributed by atoms with Crippen LogP contribution in [-0.2, 0) is 11.3 Å². The van der Waals surface area contributed by atoms with Gasteiger partial charge >= 0.3 is 0 Å². The van der Waals surface area contributed by atoms with Crippen LogP contribution in [0.25, 0.3) is 0 Å². The van der Waals surface area contributed by atoms with Gasteiger partial charge in [-0.05, 0) is 31.5 Å². The van der Waals surface area contributed by atoms with Gasteiger partial charge in [-0.3, -0.25) is 10.1 Å². The van der Waals surface area contributed by atoms with E-state index >= 15 is 0 Å². The minimum atomic E-state index is -0.146. The molecule has 3 aromatic rings. The monoisotopic (exact) mass is 335 g/mol. The molecule has 128 valence electrons. The number of rotatable bonds is 6. The van der Waals surface area contributed by atoms with E-state index in [0.29, 0.717) is 12.4 Å². The van der Waals surface area contributed by atoms with Gasteiger partial charge in [0.25, 0.3) is 0 Å². The normalized spacial score (nSPS) is 10.5. The number of nitrogens with zero attached hydrogens (tertiary/aromatic N) is 2. The second-order valence-electron chi connectivity index (χ2n) is 6.06. The first-order chi connectivity index (χ1) is 12.1. The molecule has 0 aliphatic heterocycles. The highest BCUT2D eigenvalue weighted by molar-refractivity contribution is 5.92. The van der Waals surface area contributed by atoms with E-state index in [-0.39, 0.29) is 12.5 Å². The van der Waals surface area contributed by atoms with E-state index in [9.17, 15) is 4.79 Å².